The molecule has 1 aromatic rings. The summed E-state index contributed by atoms with van der Waals surface area (Å²) in [5.74, 6) is 1.59. The molecule has 2 saturated heterocycles. The van der Waals surface area contributed by atoms with Crippen molar-refractivity contribution in [2.75, 3.05) is 13.7 Å². The Labute approximate surface area is 165 Å². The molecule has 2 aliphatic rings. The van der Waals surface area contributed by atoms with Gasteiger partial charge in [-0.05, 0) is 38.3 Å². The molecule has 24 heavy (non-hydrogen) atoms. The number of fused-ring (bicyclic) bond motifs is 2. The summed E-state index contributed by atoms with van der Waals surface area (Å²) in [4.78, 5) is 4.68. The van der Waals surface area contributed by atoms with Gasteiger partial charge in [-0.1, -0.05) is 17.7 Å². The van der Waals surface area contributed by atoms with Gasteiger partial charge in [-0.3, -0.25) is 0 Å². The zero-order valence-electron chi connectivity index (χ0n) is 14.0. The summed E-state index contributed by atoms with van der Waals surface area (Å²) in [5.41, 5.74) is 1.01. The lowest BCUT2D eigenvalue weighted by atomic mass is 9.96. The van der Waals surface area contributed by atoms with Crippen LogP contribution in [0.4, 0.5) is 0 Å². The number of nitrogens with zero attached hydrogens (tertiary/aromatic N) is 1. The molecule has 2 fully saturated rings. The van der Waals surface area contributed by atoms with Crippen LogP contribution in [-0.2, 0) is 11.3 Å². The molecule has 0 radical (unpaired) electrons. The summed E-state index contributed by atoms with van der Waals surface area (Å²) < 4.78 is 11.3. The number of ether oxygens (including phenoxy) is 2. The van der Waals surface area contributed by atoms with Gasteiger partial charge in [0.25, 0.3) is 0 Å². The van der Waals surface area contributed by atoms with Crippen LogP contribution in [0.2, 0.25) is 5.02 Å². The van der Waals surface area contributed by atoms with E-state index in [2.05, 4.69) is 22.5 Å². The van der Waals surface area contributed by atoms with E-state index in [1.54, 1.807) is 7.11 Å². The van der Waals surface area contributed by atoms with Crippen molar-refractivity contribution in [1.82, 2.24) is 10.6 Å². The Morgan fingerprint density at radius 3 is 2.88 bits per heavy atom. The minimum Gasteiger partial charge on any atom is -0.496 e. The Balaban J connectivity index is 0.00000208. The largest absolute Gasteiger partial charge is 0.496 e. The van der Waals surface area contributed by atoms with E-state index in [1.807, 2.05) is 18.2 Å². The topological polar surface area (TPSA) is 54.9 Å². The highest BCUT2D eigenvalue weighted by atomic mass is 127. The van der Waals surface area contributed by atoms with Crippen LogP contribution in [-0.4, -0.2) is 37.9 Å². The molecule has 2 heterocycles. The molecule has 5 nitrogen and oxygen atoms in total. The number of hydrogen-bond donors (Lipinski definition) is 2. The van der Waals surface area contributed by atoms with E-state index in [0.29, 0.717) is 29.8 Å². The Morgan fingerprint density at radius 2 is 2.25 bits per heavy atom. The number of halogens is 2. The average molecular weight is 466 g/mol. The Hall–Kier alpha value is -0.730. The lowest BCUT2D eigenvalue weighted by Crippen LogP contribution is -2.47. The number of benzene rings is 1. The van der Waals surface area contributed by atoms with Gasteiger partial charge in [0, 0.05) is 17.1 Å². The first kappa shape index (κ1) is 19.6. The van der Waals surface area contributed by atoms with Gasteiger partial charge in [0.05, 0.1) is 31.9 Å². The fourth-order valence-corrected chi connectivity index (χ4v) is 3.46. The molecule has 2 aliphatic heterocycles. The van der Waals surface area contributed by atoms with Gasteiger partial charge in [-0.15, -0.1) is 24.0 Å². The number of methoxy groups -OCH3 is 1. The average Bonchev–Trinajstić information content (AvgIpc) is 3.16. The minimum absolute atomic E-state index is 0. The van der Waals surface area contributed by atoms with Gasteiger partial charge in [-0.2, -0.15) is 0 Å². The molecule has 3 rings (SSSR count). The van der Waals surface area contributed by atoms with E-state index in [-0.39, 0.29) is 24.0 Å². The fraction of sp³-hybridized carbons (Fsp3) is 0.588. The van der Waals surface area contributed by atoms with Gasteiger partial charge in [0.15, 0.2) is 5.96 Å². The second kappa shape index (κ2) is 9.10. The SMILES string of the molecule is CCNC(=NCc1ccc(Cl)cc1OC)NC1CC2CCC1O2.I. The molecule has 3 atom stereocenters. The fourth-order valence-electron chi connectivity index (χ4n) is 3.30. The molecular formula is C17H25ClIN3O2. The molecule has 3 unspecified atom stereocenters. The monoisotopic (exact) mass is 465 g/mol. The summed E-state index contributed by atoms with van der Waals surface area (Å²) in [5, 5.41) is 7.48. The van der Waals surface area contributed by atoms with Crippen LogP contribution in [0.25, 0.3) is 0 Å². The van der Waals surface area contributed by atoms with Crippen molar-refractivity contribution < 1.29 is 9.47 Å². The molecular weight excluding hydrogens is 441 g/mol. The van der Waals surface area contributed by atoms with E-state index >= 15 is 0 Å². The maximum Gasteiger partial charge on any atom is 0.191 e. The lowest BCUT2D eigenvalue weighted by molar-refractivity contribution is 0.0992. The second-order valence-corrected chi connectivity index (χ2v) is 6.45. The van der Waals surface area contributed by atoms with Crippen LogP contribution in [0.15, 0.2) is 23.2 Å². The molecule has 0 aliphatic carbocycles. The zero-order chi connectivity index (χ0) is 16.2. The highest BCUT2D eigenvalue weighted by Crippen LogP contribution is 2.34. The first-order valence-electron chi connectivity index (χ1n) is 8.22. The number of hydrogen-bond acceptors (Lipinski definition) is 3. The maximum atomic E-state index is 6.00. The first-order chi connectivity index (χ1) is 11.2. The van der Waals surface area contributed by atoms with Crippen molar-refractivity contribution in [1.29, 1.82) is 0 Å². The van der Waals surface area contributed by atoms with Crippen molar-refractivity contribution >= 4 is 41.5 Å². The summed E-state index contributed by atoms with van der Waals surface area (Å²) in [6.45, 7) is 3.43. The molecule has 2 N–H and O–H groups in total. The standard InChI is InChI=1S/C17H24ClN3O2.HI/c1-3-19-17(21-14-9-13-6-7-15(14)23-13)20-10-11-4-5-12(18)8-16(11)22-2;/h4-5,8,13-15H,3,6-7,9-10H2,1-2H3,(H2,19,20,21);1H. The highest BCUT2D eigenvalue weighted by molar-refractivity contribution is 14.0. The summed E-state index contributed by atoms with van der Waals surface area (Å²) in [7, 11) is 1.65. The Bertz CT molecular complexity index is 585. The number of aliphatic imine (C=N–C) groups is 1. The Kier molecular flexibility index (Phi) is 7.43. The van der Waals surface area contributed by atoms with Crippen LogP contribution in [0.5, 0.6) is 5.75 Å². The predicted octanol–water partition coefficient (Wildman–Crippen LogP) is 3.34. The molecule has 0 amide bonds. The zero-order valence-corrected chi connectivity index (χ0v) is 17.1. The second-order valence-electron chi connectivity index (χ2n) is 6.01. The van der Waals surface area contributed by atoms with E-state index in [9.17, 15) is 0 Å². The number of rotatable bonds is 5. The van der Waals surface area contributed by atoms with Crippen LogP contribution >= 0.6 is 35.6 Å². The molecule has 0 saturated carbocycles. The van der Waals surface area contributed by atoms with E-state index in [4.69, 9.17) is 21.1 Å². The third-order valence-electron chi connectivity index (χ3n) is 4.43. The van der Waals surface area contributed by atoms with Crippen LogP contribution in [0.3, 0.4) is 0 Å². The van der Waals surface area contributed by atoms with Crippen molar-refractivity contribution in [2.24, 2.45) is 4.99 Å². The first-order valence-corrected chi connectivity index (χ1v) is 8.60. The number of guanidine groups is 1. The number of nitrogens with one attached hydrogen (secondary N) is 2. The van der Waals surface area contributed by atoms with E-state index in [0.717, 1.165) is 36.7 Å². The smallest absolute Gasteiger partial charge is 0.191 e. The molecule has 1 aromatic carbocycles. The lowest BCUT2D eigenvalue weighted by Gasteiger charge is -2.22. The van der Waals surface area contributed by atoms with Crippen molar-refractivity contribution in [3.8, 4) is 5.75 Å². The van der Waals surface area contributed by atoms with E-state index in [1.165, 1.54) is 6.42 Å². The normalized spacial score (nSPS) is 25.3. The third kappa shape index (κ3) is 4.67. The predicted molar refractivity (Wildman–Crippen MR) is 108 cm³/mol. The van der Waals surface area contributed by atoms with Gasteiger partial charge >= 0.3 is 0 Å². The van der Waals surface area contributed by atoms with Crippen molar-refractivity contribution in [2.45, 2.75) is 51.0 Å². The third-order valence-corrected chi connectivity index (χ3v) is 4.66. The molecule has 7 heteroatoms. The van der Waals surface area contributed by atoms with Crippen LogP contribution in [0.1, 0.15) is 31.7 Å². The molecule has 0 spiro atoms. The van der Waals surface area contributed by atoms with Gasteiger partial charge < -0.3 is 20.1 Å². The highest BCUT2D eigenvalue weighted by Gasteiger charge is 2.41. The molecule has 134 valence electrons. The summed E-state index contributed by atoms with van der Waals surface area (Å²) in [6.07, 6.45) is 4.16. The van der Waals surface area contributed by atoms with Gasteiger partial charge in [-0.25, -0.2) is 4.99 Å². The van der Waals surface area contributed by atoms with Gasteiger partial charge in [0.1, 0.15) is 5.75 Å². The summed E-state index contributed by atoms with van der Waals surface area (Å²) >= 11 is 6.00. The quantitative estimate of drug-likeness (QED) is 0.398. The van der Waals surface area contributed by atoms with Crippen LogP contribution < -0.4 is 15.4 Å². The molecule has 0 aromatic heterocycles. The van der Waals surface area contributed by atoms with Crippen LogP contribution in [0, 0.1) is 0 Å². The summed E-state index contributed by atoms with van der Waals surface area (Å²) in [6, 6.07) is 5.99. The van der Waals surface area contributed by atoms with E-state index < -0.39 is 0 Å². The van der Waals surface area contributed by atoms with Crippen molar-refractivity contribution in [3.63, 3.8) is 0 Å². The van der Waals surface area contributed by atoms with Gasteiger partial charge in [0.2, 0.25) is 0 Å². The van der Waals surface area contributed by atoms with Crippen molar-refractivity contribution in [3.05, 3.63) is 28.8 Å². The molecule has 2 bridgehead atoms. The maximum absolute atomic E-state index is 6.00. The minimum atomic E-state index is 0. The Morgan fingerprint density at radius 1 is 1.42 bits per heavy atom.